The van der Waals surface area contributed by atoms with E-state index in [-0.39, 0.29) is 20.1 Å². The van der Waals surface area contributed by atoms with Gasteiger partial charge in [-0.1, -0.05) is 36.4 Å². The van der Waals surface area contributed by atoms with Crippen LogP contribution in [0.3, 0.4) is 0 Å². The molecule has 0 aliphatic carbocycles. The van der Waals surface area contributed by atoms with Crippen molar-refractivity contribution in [1.29, 1.82) is 0 Å². The third-order valence-electron chi connectivity index (χ3n) is 7.26. The molecule has 229 valence electrons. The number of anilines is 2. The molecule has 0 N–H and O–H groups in total. The predicted octanol–water partition coefficient (Wildman–Crippen LogP) is 8.41. The minimum absolute atomic E-state index is 0. The van der Waals surface area contributed by atoms with E-state index in [9.17, 15) is 0 Å². The first-order valence-electron chi connectivity index (χ1n) is 14.9. The molecule has 0 saturated carbocycles. The van der Waals surface area contributed by atoms with Crippen molar-refractivity contribution in [2.75, 3.05) is 22.9 Å². The molecule has 45 heavy (non-hydrogen) atoms. The van der Waals surface area contributed by atoms with Crippen LogP contribution in [-0.4, -0.2) is 27.9 Å². The summed E-state index contributed by atoms with van der Waals surface area (Å²) < 4.78 is 0. The van der Waals surface area contributed by atoms with Crippen LogP contribution in [0.25, 0.3) is 22.4 Å². The fraction of sp³-hybridized carbons (Fsp3) is 0.103. The van der Waals surface area contributed by atoms with Gasteiger partial charge in [-0.25, -0.2) is 0 Å². The van der Waals surface area contributed by atoms with Crippen molar-refractivity contribution in [2.45, 2.75) is 12.8 Å². The zero-order valence-corrected chi connectivity index (χ0v) is 27.3. The van der Waals surface area contributed by atoms with E-state index < -0.39 is 0 Å². The Balaban J connectivity index is 0.000000185. The monoisotopic (exact) mass is 765 g/mol. The van der Waals surface area contributed by atoms with Crippen molar-refractivity contribution in [2.24, 2.45) is 0 Å². The van der Waals surface area contributed by atoms with Gasteiger partial charge in [-0.05, 0) is 73.6 Å². The predicted molar refractivity (Wildman–Crippen MR) is 179 cm³/mol. The van der Waals surface area contributed by atoms with Crippen molar-refractivity contribution >= 4 is 11.4 Å². The minimum atomic E-state index is 0. The van der Waals surface area contributed by atoms with Crippen LogP contribution < -0.4 is 9.80 Å². The summed E-state index contributed by atoms with van der Waals surface area (Å²) in [4.78, 5) is 13.1. The summed E-state index contributed by atoms with van der Waals surface area (Å²) in [7, 11) is 0. The van der Waals surface area contributed by atoms with Crippen LogP contribution in [0.2, 0.25) is 0 Å². The molecule has 5 aromatic rings. The Kier molecular flexibility index (Phi) is 11.6. The number of pyridine rings is 1. The van der Waals surface area contributed by atoms with Crippen molar-refractivity contribution in [3.05, 3.63) is 178 Å². The topological polar surface area (TPSA) is 25.9 Å². The summed E-state index contributed by atoms with van der Waals surface area (Å²) >= 11 is 0. The van der Waals surface area contributed by atoms with Gasteiger partial charge in [0.1, 0.15) is 0 Å². The molecule has 4 aromatic carbocycles. The van der Waals surface area contributed by atoms with Crippen LogP contribution in [0.15, 0.2) is 146 Å². The number of nitrogens with zero attached hydrogens (tertiary/aromatic N) is 5. The summed E-state index contributed by atoms with van der Waals surface area (Å²) in [5, 5.41) is 0. The number of hydrogen-bond acceptors (Lipinski definition) is 5. The molecule has 6 heteroatoms. The zero-order valence-electron chi connectivity index (χ0n) is 24.9. The molecule has 7 rings (SSSR count). The van der Waals surface area contributed by atoms with Crippen molar-refractivity contribution in [3.8, 4) is 22.4 Å². The Morgan fingerprint density at radius 2 is 1.11 bits per heavy atom. The fourth-order valence-electron chi connectivity index (χ4n) is 4.96. The van der Waals surface area contributed by atoms with E-state index in [0.29, 0.717) is 0 Å². The number of hydrogen-bond donors (Lipinski definition) is 0. The summed E-state index contributed by atoms with van der Waals surface area (Å²) in [5.41, 5.74) is 6.50. The van der Waals surface area contributed by atoms with Crippen LogP contribution in [0.1, 0.15) is 12.8 Å². The molecule has 1 radical (unpaired) electrons. The van der Waals surface area contributed by atoms with E-state index in [2.05, 4.69) is 111 Å². The molecule has 0 bridgehead atoms. The molecule has 1 aromatic heterocycles. The number of benzene rings is 4. The molecule has 5 nitrogen and oxygen atoms in total. The second kappa shape index (κ2) is 16.4. The van der Waals surface area contributed by atoms with Gasteiger partial charge in [-0.2, -0.15) is 74.0 Å². The summed E-state index contributed by atoms with van der Waals surface area (Å²) in [6.07, 6.45) is 12.5. The summed E-state index contributed by atoms with van der Waals surface area (Å²) in [6, 6.07) is 48.1. The van der Waals surface area contributed by atoms with E-state index in [4.69, 9.17) is 0 Å². The molecule has 0 atom stereocenters. The van der Waals surface area contributed by atoms with Gasteiger partial charge in [0.15, 0.2) is 0 Å². The Hall–Kier alpha value is -4.64. The number of unbranched alkanes of at least 4 members (excludes halogenated alkanes) is 1. The van der Waals surface area contributed by atoms with Crippen LogP contribution in [0, 0.1) is 31.5 Å². The molecular formula is C39H34IrN5-5. The number of rotatable bonds is 9. The minimum Gasteiger partial charge on any atom is -0.508 e. The number of aromatic nitrogens is 1. The second-order valence-corrected chi connectivity index (χ2v) is 10.4. The van der Waals surface area contributed by atoms with Gasteiger partial charge >= 0.3 is 0 Å². The SMILES string of the molecule is [Ir].[c-]1ccccc1-c1cc(-c2ccccc2)ccn1.[c-]1ccccc1N1C=CN(CCCCN2C=CN(c3[c-]cccc3)[CH-]2)[CH-]1. The van der Waals surface area contributed by atoms with E-state index in [1.807, 2.05) is 91.1 Å². The molecule has 0 unspecified atom stereocenters. The Labute approximate surface area is 281 Å². The molecule has 0 saturated heterocycles. The van der Waals surface area contributed by atoms with Gasteiger partial charge in [0, 0.05) is 26.3 Å². The van der Waals surface area contributed by atoms with Crippen molar-refractivity contribution in [3.63, 3.8) is 0 Å². The third-order valence-corrected chi connectivity index (χ3v) is 7.26. The van der Waals surface area contributed by atoms with E-state index in [1.165, 1.54) is 11.1 Å². The second-order valence-electron chi connectivity index (χ2n) is 10.4. The van der Waals surface area contributed by atoms with E-state index in [0.717, 1.165) is 48.6 Å². The van der Waals surface area contributed by atoms with E-state index >= 15 is 0 Å². The van der Waals surface area contributed by atoms with E-state index in [1.54, 1.807) is 0 Å². The van der Waals surface area contributed by atoms with Gasteiger partial charge < -0.3 is 24.6 Å². The molecule has 2 aliphatic rings. The van der Waals surface area contributed by atoms with Gasteiger partial charge in [-0.3, -0.25) is 0 Å². The van der Waals surface area contributed by atoms with Crippen LogP contribution in [0.4, 0.5) is 11.4 Å². The Bertz CT molecular complexity index is 1510. The molecule has 0 amide bonds. The first-order valence-corrected chi connectivity index (χ1v) is 14.9. The number of para-hydroxylation sites is 2. The fourth-order valence-corrected chi connectivity index (χ4v) is 4.96. The molecular weight excluding hydrogens is 731 g/mol. The van der Waals surface area contributed by atoms with Crippen LogP contribution >= 0.6 is 0 Å². The Morgan fingerprint density at radius 1 is 0.556 bits per heavy atom. The smallest absolute Gasteiger partial charge is 0.0166 e. The Morgan fingerprint density at radius 3 is 1.64 bits per heavy atom. The maximum Gasteiger partial charge on any atom is 0.0166 e. The van der Waals surface area contributed by atoms with Crippen molar-refractivity contribution < 1.29 is 20.1 Å². The van der Waals surface area contributed by atoms with Gasteiger partial charge in [0.25, 0.3) is 0 Å². The molecule has 2 aliphatic heterocycles. The van der Waals surface area contributed by atoms with Gasteiger partial charge in [0.2, 0.25) is 0 Å². The third kappa shape index (κ3) is 8.95. The van der Waals surface area contributed by atoms with Crippen molar-refractivity contribution in [1.82, 2.24) is 14.8 Å². The standard InChI is InChI=1S/C22H22N4.C17H12N.Ir/c1-3-9-21(10-4-1)25-17-15-23(19-25)13-7-8-14-24-16-18-26(20-24)22-11-5-2-6-12-22;1-3-7-14(8-4-1)16-11-12-18-17(13-16)15-9-5-2-6-10-15;/h1-6,9,11,15-20H,7-8,13-14H2;1-9,11-13H;/q-4;-1;. The maximum atomic E-state index is 4.40. The summed E-state index contributed by atoms with van der Waals surface area (Å²) in [6.45, 7) is 6.29. The maximum absolute atomic E-state index is 4.40. The summed E-state index contributed by atoms with van der Waals surface area (Å²) in [5.74, 6) is 0. The molecule has 0 fully saturated rings. The molecule has 0 spiro atoms. The molecule has 3 heterocycles. The van der Waals surface area contributed by atoms with Crippen LogP contribution in [0.5, 0.6) is 0 Å². The largest absolute Gasteiger partial charge is 0.508 e. The first kappa shape index (κ1) is 31.8. The quantitative estimate of drug-likeness (QED) is 0.111. The van der Waals surface area contributed by atoms with Crippen LogP contribution in [-0.2, 0) is 20.1 Å². The zero-order chi connectivity index (χ0) is 29.8. The van der Waals surface area contributed by atoms with Gasteiger partial charge in [-0.15, -0.1) is 47.3 Å². The average molecular weight is 765 g/mol. The normalized spacial score (nSPS) is 13.4. The average Bonchev–Trinajstić information content (AvgIpc) is 3.79. The van der Waals surface area contributed by atoms with Gasteiger partial charge in [0.05, 0.1) is 0 Å². The first-order chi connectivity index (χ1) is 21.8.